The van der Waals surface area contributed by atoms with E-state index in [1.807, 2.05) is 32.9 Å². The Balaban J connectivity index is 1.71. The molecule has 5 heteroatoms. The second kappa shape index (κ2) is 7.68. The fourth-order valence-electron chi connectivity index (χ4n) is 2.78. The number of ether oxygens (including phenoxy) is 2. The molecule has 128 valence electrons. The molecule has 1 fully saturated rings. The molecular weight excluding hydrogens is 292 g/mol. The number of carbonyl (C=O) groups excluding carboxylic acids is 1. The molecule has 2 N–H and O–H groups in total. The number of hydrogen-bond acceptors (Lipinski definition) is 4. The van der Waals surface area contributed by atoms with E-state index < -0.39 is 5.60 Å². The summed E-state index contributed by atoms with van der Waals surface area (Å²) in [5.74, 6) is 0.872. The van der Waals surface area contributed by atoms with Crippen LogP contribution < -0.4 is 15.4 Å². The van der Waals surface area contributed by atoms with E-state index in [1.54, 1.807) is 7.11 Å². The van der Waals surface area contributed by atoms with Gasteiger partial charge in [-0.05, 0) is 57.7 Å². The topological polar surface area (TPSA) is 59.6 Å². The lowest BCUT2D eigenvalue weighted by atomic mass is 10.2. The first-order valence-electron chi connectivity index (χ1n) is 8.21. The Bertz CT molecular complexity index is 508. The fourth-order valence-corrected chi connectivity index (χ4v) is 2.78. The van der Waals surface area contributed by atoms with Crippen molar-refractivity contribution in [1.82, 2.24) is 10.6 Å². The zero-order valence-electron chi connectivity index (χ0n) is 14.5. The lowest BCUT2D eigenvalue weighted by Gasteiger charge is -2.21. The van der Waals surface area contributed by atoms with Crippen LogP contribution in [0.5, 0.6) is 5.75 Å². The summed E-state index contributed by atoms with van der Waals surface area (Å²) in [7, 11) is 1.67. The predicted octanol–water partition coefficient (Wildman–Crippen LogP) is 3.23. The molecule has 0 heterocycles. The van der Waals surface area contributed by atoms with Crippen LogP contribution in [0, 0.1) is 0 Å². The smallest absolute Gasteiger partial charge is 0.407 e. The summed E-state index contributed by atoms with van der Waals surface area (Å²) in [6.45, 7) is 6.45. The van der Waals surface area contributed by atoms with Crippen molar-refractivity contribution in [2.24, 2.45) is 0 Å². The Hall–Kier alpha value is -1.75. The zero-order valence-corrected chi connectivity index (χ0v) is 14.5. The summed E-state index contributed by atoms with van der Waals surface area (Å²) >= 11 is 0. The average Bonchev–Trinajstić information content (AvgIpc) is 2.91. The van der Waals surface area contributed by atoms with Gasteiger partial charge in [0.2, 0.25) is 0 Å². The summed E-state index contributed by atoms with van der Waals surface area (Å²) in [6, 6.07) is 8.70. The molecular formula is C18H28N2O3. The van der Waals surface area contributed by atoms with Gasteiger partial charge in [0.25, 0.3) is 0 Å². The van der Waals surface area contributed by atoms with E-state index in [1.165, 1.54) is 5.56 Å². The van der Waals surface area contributed by atoms with Crippen LogP contribution in [0.4, 0.5) is 4.79 Å². The molecule has 1 saturated carbocycles. The lowest BCUT2D eigenvalue weighted by Crippen LogP contribution is -2.38. The number of hydrogen-bond donors (Lipinski definition) is 2. The van der Waals surface area contributed by atoms with Gasteiger partial charge >= 0.3 is 6.09 Å². The van der Waals surface area contributed by atoms with Crippen LogP contribution in [0.2, 0.25) is 0 Å². The van der Waals surface area contributed by atoms with E-state index in [9.17, 15) is 4.79 Å². The zero-order chi connectivity index (χ0) is 16.9. The fraction of sp³-hybridized carbons (Fsp3) is 0.611. The predicted molar refractivity (Wildman–Crippen MR) is 90.6 cm³/mol. The quantitative estimate of drug-likeness (QED) is 0.874. The summed E-state index contributed by atoms with van der Waals surface area (Å²) in [5.41, 5.74) is 0.781. The summed E-state index contributed by atoms with van der Waals surface area (Å²) in [6.07, 6.45) is 2.67. The molecule has 2 atom stereocenters. The monoisotopic (exact) mass is 320 g/mol. The third kappa shape index (κ3) is 6.10. The Morgan fingerprint density at radius 1 is 1.17 bits per heavy atom. The van der Waals surface area contributed by atoms with Crippen LogP contribution in [-0.2, 0) is 11.3 Å². The molecule has 1 aromatic rings. The molecule has 1 aliphatic rings. The van der Waals surface area contributed by atoms with E-state index in [0.717, 1.165) is 31.6 Å². The van der Waals surface area contributed by atoms with Gasteiger partial charge in [-0.2, -0.15) is 0 Å². The number of methoxy groups -OCH3 is 1. The van der Waals surface area contributed by atoms with Crippen molar-refractivity contribution in [2.45, 2.75) is 64.3 Å². The van der Waals surface area contributed by atoms with Gasteiger partial charge in [0, 0.05) is 18.6 Å². The highest BCUT2D eigenvalue weighted by Crippen LogP contribution is 2.20. The molecule has 2 rings (SSSR count). The highest BCUT2D eigenvalue weighted by molar-refractivity contribution is 5.68. The van der Waals surface area contributed by atoms with Crippen LogP contribution in [0.25, 0.3) is 0 Å². The lowest BCUT2D eigenvalue weighted by molar-refractivity contribution is 0.0505. The number of carbonyl (C=O) groups is 1. The van der Waals surface area contributed by atoms with Gasteiger partial charge in [-0.1, -0.05) is 12.1 Å². The van der Waals surface area contributed by atoms with Gasteiger partial charge in [-0.15, -0.1) is 0 Å². The normalized spacial score (nSPS) is 21.0. The van der Waals surface area contributed by atoms with Gasteiger partial charge in [0.15, 0.2) is 0 Å². The minimum Gasteiger partial charge on any atom is -0.497 e. The maximum atomic E-state index is 11.8. The Labute approximate surface area is 138 Å². The minimum absolute atomic E-state index is 0.193. The van der Waals surface area contributed by atoms with Crippen molar-refractivity contribution in [2.75, 3.05) is 7.11 Å². The van der Waals surface area contributed by atoms with Crippen molar-refractivity contribution < 1.29 is 14.3 Å². The van der Waals surface area contributed by atoms with Gasteiger partial charge in [-0.3, -0.25) is 0 Å². The molecule has 2 unspecified atom stereocenters. The van der Waals surface area contributed by atoms with Crippen LogP contribution in [0.1, 0.15) is 45.6 Å². The van der Waals surface area contributed by atoms with E-state index in [2.05, 4.69) is 22.8 Å². The number of nitrogens with one attached hydrogen (secondary N) is 2. The van der Waals surface area contributed by atoms with Crippen molar-refractivity contribution in [3.8, 4) is 5.75 Å². The molecule has 0 spiro atoms. The van der Waals surface area contributed by atoms with Gasteiger partial charge in [0.05, 0.1) is 7.11 Å². The molecule has 0 saturated heterocycles. The van der Waals surface area contributed by atoms with E-state index >= 15 is 0 Å². The summed E-state index contributed by atoms with van der Waals surface area (Å²) < 4.78 is 10.5. The average molecular weight is 320 g/mol. The van der Waals surface area contributed by atoms with Gasteiger partial charge in [0.1, 0.15) is 11.4 Å². The van der Waals surface area contributed by atoms with Crippen LogP contribution in [0.15, 0.2) is 24.3 Å². The maximum Gasteiger partial charge on any atom is 0.407 e. The van der Waals surface area contributed by atoms with E-state index in [0.29, 0.717) is 6.04 Å². The van der Waals surface area contributed by atoms with Crippen molar-refractivity contribution in [3.63, 3.8) is 0 Å². The second-order valence-corrected chi connectivity index (χ2v) is 7.08. The Morgan fingerprint density at radius 3 is 2.43 bits per heavy atom. The molecule has 1 amide bonds. The number of rotatable bonds is 5. The van der Waals surface area contributed by atoms with Crippen LogP contribution in [0.3, 0.4) is 0 Å². The van der Waals surface area contributed by atoms with Crippen LogP contribution >= 0.6 is 0 Å². The maximum absolute atomic E-state index is 11.8. The molecule has 0 radical (unpaired) electrons. The standard InChI is InChI=1S/C18H28N2O3/c1-18(2,3)23-17(21)20-15-8-7-14(11-15)19-12-13-5-9-16(22-4)10-6-13/h5-6,9-10,14-15,19H,7-8,11-12H2,1-4H3,(H,20,21). The molecule has 0 bridgehead atoms. The van der Waals surface area contributed by atoms with E-state index in [4.69, 9.17) is 9.47 Å². The molecule has 23 heavy (non-hydrogen) atoms. The Kier molecular flexibility index (Phi) is 5.88. The summed E-state index contributed by atoms with van der Waals surface area (Å²) in [4.78, 5) is 11.8. The number of amides is 1. The van der Waals surface area contributed by atoms with Crippen molar-refractivity contribution in [3.05, 3.63) is 29.8 Å². The highest BCUT2D eigenvalue weighted by atomic mass is 16.6. The first-order chi connectivity index (χ1) is 10.9. The molecule has 1 aliphatic carbocycles. The minimum atomic E-state index is -0.450. The molecule has 0 aliphatic heterocycles. The Morgan fingerprint density at radius 2 is 1.83 bits per heavy atom. The molecule has 5 nitrogen and oxygen atoms in total. The number of benzene rings is 1. The van der Waals surface area contributed by atoms with Crippen molar-refractivity contribution >= 4 is 6.09 Å². The highest BCUT2D eigenvalue weighted by Gasteiger charge is 2.27. The second-order valence-electron chi connectivity index (χ2n) is 7.08. The SMILES string of the molecule is COc1ccc(CNC2CCC(NC(=O)OC(C)(C)C)C2)cc1. The van der Waals surface area contributed by atoms with Crippen LogP contribution in [-0.4, -0.2) is 30.9 Å². The first kappa shape index (κ1) is 17.6. The van der Waals surface area contributed by atoms with Gasteiger partial charge < -0.3 is 20.1 Å². The third-order valence-electron chi connectivity index (χ3n) is 3.91. The first-order valence-corrected chi connectivity index (χ1v) is 8.21. The van der Waals surface area contributed by atoms with Gasteiger partial charge in [-0.25, -0.2) is 4.79 Å². The molecule has 0 aromatic heterocycles. The van der Waals surface area contributed by atoms with E-state index in [-0.39, 0.29) is 12.1 Å². The molecule has 1 aromatic carbocycles. The summed E-state index contributed by atoms with van der Waals surface area (Å²) in [5, 5.41) is 6.51. The van der Waals surface area contributed by atoms with Crippen molar-refractivity contribution in [1.29, 1.82) is 0 Å². The largest absolute Gasteiger partial charge is 0.497 e. The number of alkyl carbamates (subject to hydrolysis) is 1. The third-order valence-corrected chi connectivity index (χ3v) is 3.91.